The molecule has 3 unspecified atom stereocenters. The Morgan fingerprint density at radius 3 is 2.47 bits per heavy atom. The molecular formula is C17H24OS. The first-order valence-corrected chi connectivity index (χ1v) is 8.27. The Bertz CT molecular complexity index is 423. The second kappa shape index (κ2) is 6.60. The number of carbonyl (C=O) groups is 1. The Hall–Kier alpha value is -0.760. The molecule has 0 heterocycles. The lowest BCUT2D eigenvalue weighted by Gasteiger charge is -2.31. The Kier molecular flexibility index (Phi) is 5.09. The molecule has 0 aromatic heterocycles. The van der Waals surface area contributed by atoms with E-state index in [0.717, 1.165) is 18.8 Å². The molecule has 1 saturated carbocycles. The number of carbonyl (C=O) groups excluding carboxylic acids is 1. The smallest absolute Gasteiger partial charge is 0.146 e. The molecule has 0 spiro atoms. The molecule has 1 nitrogen and oxygen atoms in total. The van der Waals surface area contributed by atoms with Crippen molar-refractivity contribution in [2.75, 3.05) is 5.75 Å². The minimum atomic E-state index is 0.309. The SMILES string of the molecule is Cc1ccc(SCC(=O)C2CCC(C)C(C)C2)cc1. The average molecular weight is 276 g/mol. The summed E-state index contributed by atoms with van der Waals surface area (Å²) in [6.45, 7) is 6.69. The number of hydrogen-bond donors (Lipinski definition) is 0. The molecule has 1 aliphatic carbocycles. The van der Waals surface area contributed by atoms with E-state index in [9.17, 15) is 4.79 Å². The van der Waals surface area contributed by atoms with Gasteiger partial charge in [-0.2, -0.15) is 0 Å². The first-order valence-electron chi connectivity index (χ1n) is 7.28. The number of thioether (sulfide) groups is 1. The van der Waals surface area contributed by atoms with Crippen LogP contribution < -0.4 is 0 Å². The maximum absolute atomic E-state index is 12.3. The summed E-state index contributed by atoms with van der Waals surface area (Å²) >= 11 is 1.68. The average Bonchev–Trinajstić information content (AvgIpc) is 2.41. The van der Waals surface area contributed by atoms with Crippen molar-refractivity contribution in [3.05, 3.63) is 29.8 Å². The van der Waals surface area contributed by atoms with E-state index in [2.05, 4.69) is 45.0 Å². The van der Waals surface area contributed by atoms with Crippen molar-refractivity contribution in [3.8, 4) is 0 Å². The molecule has 1 aromatic rings. The number of Topliss-reactive ketones (excluding diaryl/α,β-unsaturated/α-hetero) is 1. The second-order valence-corrected chi connectivity index (χ2v) is 7.08. The monoisotopic (exact) mass is 276 g/mol. The minimum absolute atomic E-state index is 0.309. The van der Waals surface area contributed by atoms with Crippen LogP contribution >= 0.6 is 11.8 Å². The number of benzene rings is 1. The molecule has 104 valence electrons. The fourth-order valence-electron chi connectivity index (χ4n) is 2.75. The van der Waals surface area contributed by atoms with Crippen LogP contribution in [0.15, 0.2) is 29.2 Å². The molecule has 0 N–H and O–H groups in total. The zero-order valence-corrected chi connectivity index (χ0v) is 13.0. The highest BCUT2D eigenvalue weighted by Gasteiger charge is 2.28. The van der Waals surface area contributed by atoms with Crippen LogP contribution in [0.25, 0.3) is 0 Å². The van der Waals surface area contributed by atoms with Gasteiger partial charge < -0.3 is 0 Å². The minimum Gasteiger partial charge on any atom is -0.298 e. The van der Waals surface area contributed by atoms with Crippen molar-refractivity contribution in [2.45, 2.75) is 44.9 Å². The molecule has 1 fully saturated rings. The van der Waals surface area contributed by atoms with Gasteiger partial charge in [0.05, 0.1) is 5.75 Å². The number of hydrogen-bond acceptors (Lipinski definition) is 2. The number of ketones is 1. The predicted molar refractivity (Wildman–Crippen MR) is 82.6 cm³/mol. The highest BCUT2D eigenvalue weighted by molar-refractivity contribution is 8.00. The van der Waals surface area contributed by atoms with Crippen molar-refractivity contribution in [1.82, 2.24) is 0 Å². The highest BCUT2D eigenvalue weighted by atomic mass is 32.2. The topological polar surface area (TPSA) is 17.1 Å². The quantitative estimate of drug-likeness (QED) is 0.740. The van der Waals surface area contributed by atoms with E-state index in [1.807, 2.05) is 0 Å². The van der Waals surface area contributed by atoms with E-state index < -0.39 is 0 Å². The van der Waals surface area contributed by atoms with Crippen molar-refractivity contribution in [3.63, 3.8) is 0 Å². The predicted octanol–water partition coefficient (Wildman–Crippen LogP) is 4.73. The van der Waals surface area contributed by atoms with Crippen molar-refractivity contribution in [1.29, 1.82) is 0 Å². The summed E-state index contributed by atoms with van der Waals surface area (Å²) in [6, 6.07) is 8.44. The first-order chi connectivity index (χ1) is 9.06. The van der Waals surface area contributed by atoms with E-state index in [1.165, 1.54) is 16.9 Å². The summed E-state index contributed by atoms with van der Waals surface area (Å²) in [7, 11) is 0. The zero-order chi connectivity index (χ0) is 13.8. The van der Waals surface area contributed by atoms with Gasteiger partial charge in [-0.25, -0.2) is 0 Å². The van der Waals surface area contributed by atoms with Crippen LogP contribution in [0.5, 0.6) is 0 Å². The maximum Gasteiger partial charge on any atom is 0.146 e. The zero-order valence-electron chi connectivity index (χ0n) is 12.2. The second-order valence-electron chi connectivity index (χ2n) is 6.03. The maximum atomic E-state index is 12.3. The molecule has 2 heteroatoms. The van der Waals surface area contributed by atoms with Crippen molar-refractivity contribution < 1.29 is 4.79 Å². The van der Waals surface area contributed by atoms with E-state index in [-0.39, 0.29) is 0 Å². The van der Waals surface area contributed by atoms with Gasteiger partial charge in [-0.05, 0) is 50.2 Å². The normalized spacial score (nSPS) is 27.2. The molecule has 2 rings (SSSR count). The fraction of sp³-hybridized carbons (Fsp3) is 0.588. The summed E-state index contributed by atoms with van der Waals surface area (Å²) in [5, 5.41) is 0. The van der Waals surface area contributed by atoms with Crippen molar-refractivity contribution in [2.24, 2.45) is 17.8 Å². The van der Waals surface area contributed by atoms with E-state index in [1.54, 1.807) is 11.8 Å². The summed E-state index contributed by atoms with van der Waals surface area (Å²) in [5.41, 5.74) is 1.27. The third-order valence-corrected chi connectivity index (χ3v) is 5.49. The van der Waals surface area contributed by atoms with Crippen LogP contribution in [0.4, 0.5) is 0 Å². The number of rotatable bonds is 4. The van der Waals surface area contributed by atoms with E-state index in [4.69, 9.17) is 0 Å². The van der Waals surface area contributed by atoms with E-state index in [0.29, 0.717) is 23.4 Å². The van der Waals surface area contributed by atoms with Crippen LogP contribution in [0.3, 0.4) is 0 Å². The van der Waals surface area contributed by atoms with Gasteiger partial charge in [0.15, 0.2) is 0 Å². The molecule has 0 aliphatic heterocycles. The molecule has 1 aliphatic rings. The summed E-state index contributed by atoms with van der Waals surface area (Å²) in [4.78, 5) is 13.5. The van der Waals surface area contributed by atoms with E-state index >= 15 is 0 Å². The first kappa shape index (κ1) is 14.6. The van der Waals surface area contributed by atoms with Crippen LogP contribution in [-0.4, -0.2) is 11.5 Å². The third kappa shape index (κ3) is 4.10. The lowest BCUT2D eigenvalue weighted by Crippen LogP contribution is -2.27. The standard InChI is InChI=1S/C17H24OS/c1-12-4-8-16(9-5-12)19-11-17(18)15-7-6-13(2)14(3)10-15/h4-5,8-9,13-15H,6-7,10-11H2,1-3H3. The summed E-state index contributed by atoms with van der Waals surface area (Å²) in [5.74, 6) is 2.88. The number of aryl methyl sites for hydroxylation is 1. The Balaban J connectivity index is 1.83. The fourth-order valence-corrected chi connectivity index (χ4v) is 3.62. The molecule has 0 saturated heterocycles. The summed E-state index contributed by atoms with van der Waals surface area (Å²) in [6.07, 6.45) is 3.40. The summed E-state index contributed by atoms with van der Waals surface area (Å²) < 4.78 is 0. The highest BCUT2D eigenvalue weighted by Crippen LogP contribution is 2.34. The molecular weight excluding hydrogens is 252 g/mol. The molecule has 1 aromatic carbocycles. The van der Waals surface area contributed by atoms with Crippen LogP contribution in [0.1, 0.15) is 38.7 Å². The Morgan fingerprint density at radius 2 is 1.84 bits per heavy atom. The van der Waals surface area contributed by atoms with Crippen LogP contribution in [-0.2, 0) is 4.79 Å². The van der Waals surface area contributed by atoms with Gasteiger partial charge in [-0.15, -0.1) is 11.8 Å². The van der Waals surface area contributed by atoms with Gasteiger partial charge in [0.1, 0.15) is 5.78 Å². The van der Waals surface area contributed by atoms with Gasteiger partial charge in [-0.3, -0.25) is 4.79 Å². The van der Waals surface area contributed by atoms with Gasteiger partial charge in [0.2, 0.25) is 0 Å². The van der Waals surface area contributed by atoms with Gasteiger partial charge in [-0.1, -0.05) is 31.5 Å². The lowest BCUT2D eigenvalue weighted by molar-refractivity contribution is -0.122. The van der Waals surface area contributed by atoms with Crippen LogP contribution in [0.2, 0.25) is 0 Å². The lowest BCUT2D eigenvalue weighted by atomic mass is 9.74. The molecule has 19 heavy (non-hydrogen) atoms. The van der Waals surface area contributed by atoms with Crippen LogP contribution in [0, 0.1) is 24.7 Å². The molecule has 0 bridgehead atoms. The van der Waals surface area contributed by atoms with Gasteiger partial charge in [0, 0.05) is 10.8 Å². The molecule has 0 amide bonds. The third-order valence-electron chi connectivity index (χ3n) is 4.46. The Labute approximate surface area is 121 Å². The largest absolute Gasteiger partial charge is 0.298 e. The molecule has 0 radical (unpaired) electrons. The van der Waals surface area contributed by atoms with Crippen molar-refractivity contribution >= 4 is 17.5 Å². The van der Waals surface area contributed by atoms with Gasteiger partial charge >= 0.3 is 0 Å². The molecule has 3 atom stereocenters. The van der Waals surface area contributed by atoms with Gasteiger partial charge in [0.25, 0.3) is 0 Å². The Morgan fingerprint density at radius 1 is 1.16 bits per heavy atom.